The summed E-state index contributed by atoms with van der Waals surface area (Å²) < 4.78 is 42.4. The molecule has 2 unspecified atom stereocenters. The number of nitrogens with zero attached hydrogens (tertiary/aromatic N) is 3. The first-order valence-corrected chi connectivity index (χ1v) is 10.6. The maximum Gasteiger partial charge on any atom is 0.410 e. The van der Waals surface area contributed by atoms with Gasteiger partial charge in [0.1, 0.15) is 5.82 Å². The molecule has 10 heteroatoms. The molecule has 3 heterocycles. The summed E-state index contributed by atoms with van der Waals surface area (Å²) in [7, 11) is 0. The van der Waals surface area contributed by atoms with Crippen molar-refractivity contribution in [3.05, 3.63) is 45.6 Å². The van der Waals surface area contributed by atoms with Crippen molar-refractivity contribution in [2.24, 2.45) is 5.92 Å². The summed E-state index contributed by atoms with van der Waals surface area (Å²) in [6, 6.07) is 3.67. The van der Waals surface area contributed by atoms with Crippen LogP contribution in [0.1, 0.15) is 54.3 Å². The Kier molecular flexibility index (Phi) is 5.66. The van der Waals surface area contributed by atoms with E-state index >= 15 is 0 Å². The second kappa shape index (κ2) is 7.96. The number of aromatic nitrogens is 2. The van der Waals surface area contributed by atoms with Crippen molar-refractivity contribution < 1.29 is 18.0 Å². The van der Waals surface area contributed by atoms with Gasteiger partial charge >= 0.3 is 6.18 Å². The fraction of sp³-hybridized carbons (Fsp3) is 0.500. The molecule has 2 aliphatic heterocycles. The number of alkyl halides is 3. The van der Waals surface area contributed by atoms with E-state index in [2.05, 4.69) is 17.3 Å². The molecule has 162 valence electrons. The van der Waals surface area contributed by atoms with Gasteiger partial charge in [0, 0.05) is 25.6 Å². The van der Waals surface area contributed by atoms with Gasteiger partial charge in [-0.25, -0.2) is 4.68 Å². The molecular weight excluding hydrogens is 440 g/mol. The number of benzene rings is 1. The van der Waals surface area contributed by atoms with Crippen LogP contribution in [0.4, 0.5) is 19.0 Å². The molecule has 4 rings (SSSR count). The highest BCUT2D eigenvalue weighted by Crippen LogP contribution is 2.44. The van der Waals surface area contributed by atoms with Crippen LogP contribution in [0.5, 0.6) is 0 Å². The SMILES string of the molecule is CC1CCN(C(=O)c2cc3n(n2)C(C(F)(F)F)CC(c2ccc(Cl)c(Cl)c2)N3)CC1. The van der Waals surface area contributed by atoms with Crippen LogP contribution in [-0.2, 0) is 0 Å². The molecule has 1 amide bonds. The van der Waals surface area contributed by atoms with Gasteiger partial charge in [-0.3, -0.25) is 4.79 Å². The largest absolute Gasteiger partial charge is 0.410 e. The molecule has 1 aromatic heterocycles. The number of halogens is 5. The molecule has 0 aliphatic carbocycles. The van der Waals surface area contributed by atoms with Gasteiger partial charge in [-0.1, -0.05) is 36.2 Å². The second-order valence-corrected chi connectivity index (χ2v) is 8.81. The van der Waals surface area contributed by atoms with Gasteiger partial charge in [0.25, 0.3) is 5.91 Å². The Morgan fingerprint density at radius 3 is 2.50 bits per heavy atom. The monoisotopic (exact) mass is 460 g/mol. The van der Waals surface area contributed by atoms with Crippen LogP contribution in [0.2, 0.25) is 10.0 Å². The summed E-state index contributed by atoms with van der Waals surface area (Å²) >= 11 is 12.0. The lowest BCUT2D eigenvalue weighted by molar-refractivity contribution is -0.173. The minimum Gasteiger partial charge on any atom is -0.363 e. The quantitative estimate of drug-likeness (QED) is 0.622. The number of fused-ring (bicyclic) bond motifs is 1. The number of piperidine rings is 1. The number of amides is 1. The molecule has 30 heavy (non-hydrogen) atoms. The van der Waals surface area contributed by atoms with Gasteiger partial charge in [0.2, 0.25) is 0 Å². The summed E-state index contributed by atoms with van der Waals surface area (Å²) in [5.41, 5.74) is 0.611. The number of hydrogen-bond donors (Lipinski definition) is 1. The molecule has 0 bridgehead atoms. The van der Waals surface area contributed by atoms with Crippen molar-refractivity contribution in [2.45, 2.75) is 44.4 Å². The molecular formula is C20H21Cl2F3N4O. The number of hydrogen-bond acceptors (Lipinski definition) is 3. The molecule has 2 atom stereocenters. The summed E-state index contributed by atoms with van der Waals surface area (Å²) in [5, 5.41) is 7.73. The van der Waals surface area contributed by atoms with Crippen molar-refractivity contribution >= 4 is 34.9 Å². The number of nitrogens with one attached hydrogen (secondary N) is 1. The van der Waals surface area contributed by atoms with Crippen LogP contribution in [0.3, 0.4) is 0 Å². The van der Waals surface area contributed by atoms with E-state index < -0.39 is 18.3 Å². The molecule has 1 fully saturated rings. The molecule has 5 nitrogen and oxygen atoms in total. The fourth-order valence-electron chi connectivity index (χ4n) is 4.00. The molecule has 0 spiro atoms. The van der Waals surface area contributed by atoms with E-state index in [-0.39, 0.29) is 28.9 Å². The molecule has 2 aliphatic rings. The molecule has 1 N–H and O–H groups in total. The highest BCUT2D eigenvalue weighted by molar-refractivity contribution is 6.42. The first kappa shape index (κ1) is 21.3. The van der Waals surface area contributed by atoms with E-state index in [0.29, 0.717) is 29.6 Å². The summed E-state index contributed by atoms with van der Waals surface area (Å²) in [5.74, 6) is 0.360. The first-order valence-electron chi connectivity index (χ1n) is 9.80. The third-order valence-corrected chi connectivity index (χ3v) is 6.56. The second-order valence-electron chi connectivity index (χ2n) is 8.00. The van der Waals surface area contributed by atoms with Crippen LogP contribution >= 0.6 is 23.2 Å². The Labute approximate surface area is 182 Å². The number of carbonyl (C=O) groups is 1. The zero-order valence-corrected chi connectivity index (χ0v) is 17.7. The standard InChI is InChI=1S/C20H21Cl2F3N4O/c1-11-4-6-28(7-5-11)19(30)16-10-18-26-15(12-2-3-13(21)14(22)8-12)9-17(20(23,24)25)29(18)27-16/h2-3,8,10-11,15,17,26H,4-7,9H2,1H3. The van der Waals surface area contributed by atoms with E-state index in [4.69, 9.17) is 23.2 Å². The van der Waals surface area contributed by atoms with Gasteiger partial charge in [-0.2, -0.15) is 18.3 Å². The van der Waals surface area contributed by atoms with Crippen molar-refractivity contribution in [2.75, 3.05) is 18.4 Å². The highest BCUT2D eigenvalue weighted by Gasteiger charge is 2.47. The third-order valence-electron chi connectivity index (χ3n) is 5.83. The lowest BCUT2D eigenvalue weighted by Crippen LogP contribution is -2.38. The predicted molar refractivity (Wildman–Crippen MR) is 109 cm³/mol. The summed E-state index contributed by atoms with van der Waals surface area (Å²) in [6.45, 7) is 3.30. The fourth-order valence-corrected chi connectivity index (χ4v) is 4.31. The van der Waals surface area contributed by atoms with Crippen molar-refractivity contribution in [1.29, 1.82) is 0 Å². The number of likely N-dealkylation sites (tertiary alicyclic amines) is 1. The lowest BCUT2D eigenvalue weighted by Gasteiger charge is -2.33. The van der Waals surface area contributed by atoms with E-state index in [0.717, 1.165) is 17.5 Å². The molecule has 1 saturated heterocycles. The van der Waals surface area contributed by atoms with Crippen LogP contribution in [0.25, 0.3) is 0 Å². The highest BCUT2D eigenvalue weighted by atomic mass is 35.5. The van der Waals surface area contributed by atoms with Gasteiger partial charge in [-0.05, 0) is 36.5 Å². The minimum absolute atomic E-state index is 0.0242. The number of anilines is 1. The van der Waals surface area contributed by atoms with E-state index in [1.165, 1.54) is 6.07 Å². The van der Waals surface area contributed by atoms with Crippen LogP contribution in [-0.4, -0.2) is 39.9 Å². The van der Waals surface area contributed by atoms with Gasteiger partial charge < -0.3 is 10.2 Å². The molecule has 2 aromatic rings. The number of rotatable bonds is 2. The minimum atomic E-state index is -4.52. The Morgan fingerprint density at radius 2 is 1.87 bits per heavy atom. The predicted octanol–water partition coefficient (Wildman–Crippen LogP) is 5.72. The summed E-state index contributed by atoms with van der Waals surface area (Å²) in [4.78, 5) is 14.5. The Hall–Kier alpha value is -1.93. The third kappa shape index (κ3) is 4.12. The van der Waals surface area contributed by atoms with Gasteiger partial charge in [-0.15, -0.1) is 0 Å². The Balaban J connectivity index is 1.64. The average Bonchev–Trinajstić information content (AvgIpc) is 3.12. The average molecular weight is 461 g/mol. The van der Waals surface area contributed by atoms with E-state index in [1.54, 1.807) is 23.1 Å². The van der Waals surface area contributed by atoms with Crippen LogP contribution in [0.15, 0.2) is 24.3 Å². The molecule has 0 saturated carbocycles. The first-order chi connectivity index (χ1) is 14.1. The van der Waals surface area contributed by atoms with Gasteiger partial charge in [0.05, 0.1) is 16.1 Å². The zero-order valence-electron chi connectivity index (χ0n) is 16.2. The smallest absolute Gasteiger partial charge is 0.363 e. The van der Waals surface area contributed by atoms with Crippen molar-refractivity contribution in [3.8, 4) is 0 Å². The normalized spacial score (nSPS) is 22.5. The number of carbonyl (C=O) groups excluding carboxylic acids is 1. The van der Waals surface area contributed by atoms with Gasteiger partial charge in [0.15, 0.2) is 11.7 Å². The van der Waals surface area contributed by atoms with Crippen LogP contribution < -0.4 is 5.32 Å². The van der Waals surface area contributed by atoms with Crippen molar-refractivity contribution in [3.63, 3.8) is 0 Å². The van der Waals surface area contributed by atoms with E-state index in [1.807, 2.05) is 0 Å². The van der Waals surface area contributed by atoms with Crippen molar-refractivity contribution in [1.82, 2.24) is 14.7 Å². The zero-order chi connectivity index (χ0) is 21.6. The van der Waals surface area contributed by atoms with Crippen LogP contribution in [0, 0.1) is 5.92 Å². The lowest BCUT2D eigenvalue weighted by atomic mass is 9.97. The maximum atomic E-state index is 13.8. The summed E-state index contributed by atoms with van der Waals surface area (Å²) in [6.07, 6.45) is -3.03. The Bertz CT molecular complexity index is 954. The van der Waals surface area contributed by atoms with E-state index in [9.17, 15) is 18.0 Å². The Morgan fingerprint density at radius 1 is 1.17 bits per heavy atom. The molecule has 0 radical (unpaired) electrons. The molecule has 1 aromatic carbocycles. The maximum absolute atomic E-state index is 13.8. The topological polar surface area (TPSA) is 50.2 Å².